The van der Waals surface area contributed by atoms with E-state index < -0.39 is 5.97 Å². The molecule has 2 rings (SSSR count). The maximum absolute atomic E-state index is 10.6. The van der Waals surface area contributed by atoms with E-state index in [1.165, 1.54) is 18.6 Å². The first-order chi connectivity index (χ1) is 7.66. The van der Waals surface area contributed by atoms with Gasteiger partial charge in [0.2, 0.25) is 0 Å². The lowest BCUT2D eigenvalue weighted by Gasteiger charge is -1.99. The van der Waals surface area contributed by atoms with Crippen molar-refractivity contribution < 1.29 is 9.90 Å². The zero-order valence-electron chi connectivity index (χ0n) is 7.96. The summed E-state index contributed by atoms with van der Waals surface area (Å²) in [4.78, 5) is 22.4. The number of pyridine rings is 1. The highest BCUT2D eigenvalue weighted by Gasteiger charge is 2.06. The Morgan fingerprint density at radius 1 is 1.25 bits per heavy atom. The van der Waals surface area contributed by atoms with Gasteiger partial charge in [-0.1, -0.05) is 11.6 Å². The van der Waals surface area contributed by atoms with Crippen molar-refractivity contribution >= 4 is 17.6 Å². The highest BCUT2D eigenvalue weighted by molar-refractivity contribution is 6.30. The molecule has 0 amide bonds. The van der Waals surface area contributed by atoms with Crippen molar-refractivity contribution in [3.8, 4) is 11.5 Å². The number of aromatic nitrogens is 3. The molecule has 2 heterocycles. The molecule has 80 valence electrons. The minimum Gasteiger partial charge on any atom is -0.478 e. The minimum absolute atomic E-state index is 0.0331. The fourth-order valence-corrected chi connectivity index (χ4v) is 1.26. The second-order valence-corrected chi connectivity index (χ2v) is 3.40. The van der Waals surface area contributed by atoms with E-state index in [0.717, 1.165) is 0 Å². The minimum atomic E-state index is -1.06. The van der Waals surface area contributed by atoms with E-state index in [9.17, 15) is 4.79 Å². The van der Waals surface area contributed by atoms with Crippen LogP contribution < -0.4 is 0 Å². The van der Waals surface area contributed by atoms with Crippen molar-refractivity contribution in [3.05, 3.63) is 41.3 Å². The van der Waals surface area contributed by atoms with Crippen LogP contribution in [0.1, 0.15) is 10.4 Å². The summed E-state index contributed by atoms with van der Waals surface area (Å²) in [7, 11) is 0. The van der Waals surface area contributed by atoms with Crippen LogP contribution >= 0.6 is 11.6 Å². The number of halogens is 1. The van der Waals surface area contributed by atoms with Crippen LogP contribution in [0.4, 0.5) is 0 Å². The first kappa shape index (κ1) is 10.5. The summed E-state index contributed by atoms with van der Waals surface area (Å²) in [5.41, 5.74) is 0.537. The summed E-state index contributed by atoms with van der Waals surface area (Å²) in [6.07, 6.45) is 3.99. The molecular formula is C10H6ClN3O2. The number of nitrogens with zero attached hydrogens (tertiary/aromatic N) is 3. The Morgan fingerprint density at radius 2 is 1.94 bits per heavy atom. The summed E-state index contributed by atoms with van der Waals surface area (Å²) in [6, 6.07) is 3.24. The molecule has 0 fully saturated rings. The smallest absolute Gasteiger partial charge is 0.338 e. The normalized spacial score (nSPS) is 10.1. The summed E-state index contributed by atoms with van der Waals surface area (Å²) in [5.74, 6) is -0.724. The van der Waals surface area contributed by atoms with Gasteiger partial charge in [-0.2, -0.15) is 0 Å². The first-order valence-corrected chi connectivity index (χ1v) is 4.72. The molecule has 0 radical (unpaired) electrons. The SMILES string of the molecule is O=C(O)c1cnc(-c2cc(Cl)ccn2)nc1. The molecule has 1 N–H and O–H groups in total. The van der Waals surface area contributed by atoms with Gasteiger partial charge in [0.1, 0.15) is 5.69 Å². The molecule has 5 nitrogen and oxygen atoms in total. The molecule has 0 aromatic carbocycles. The number of carboxylic acid groups (broad SMARTS) is 1. The second-order valence-electron chi connectivity index (χ2n) is 2.96. The van der Waals surface area contributed by atoms with Gasteiger partial charge in [-0.25, -0.2) is 14.8 Å². The molecule has 16 heavy (non-hydrogen) atoms. The third kappa shape index (κ3) is 2.14. The summed E-state index contributed by atoms with van der Waals surface area (Å²) in [5, 5.41) is 9.20. The predicted molar refractivity (Wildman–Crippen MR) is 57.2 cm³/mol. The molecule has 0 unspecified atom stereocenters. The Kier molecular flexibility index (Phi) is 2.78. The van der Waals surface area contributed by atoms with Gasteiger partial charge in [-0.3, -0.25) is 4.98 Å². The fraction of sp³-hybridized carbons (Fsp3) is 0. The van der Waals surface area contributed by atoms with Crippen LogP contribution in [0.2, 0.25) is 5.02 Å². The Morgan fingerprint density at radius 3 is 2.50 bits per heavy atom. The Labute approximate surface area is 95.8 Å². The van der Waals surface area contributed by atoms with Crippen LogP contribution in [0.3, 0.4) is 0 Å². The maximum atomic E-state index is 10.6. The number of hydrogen-bond acceptors (Lipinski definition) is 4. The number of carbonyl (C=O) groups is 1. The summed E-state index contributed by atoms with van der Waals surface area (Å²) < 4.78 is 0. The van der Waals surface area contributed by atoms with Crippen molar-refractivity contribution in [2.24, 2.45) is 0 Å². The third-order valence-electron chi connectivity index (χ3n) is 1.85. The number of aromatic carboxylic acids is 1. The zero-order chi connectivity index (χ0) is 11.5. The van der Waals surface area contributed by atoms with Crippen molar-refractivity contribution in [1.82, 2.24) is 15.0 Å². The molecule has 2 aromatic rings. The van der Waals surface area contributed by atoms with Crippen molar-refractivity contribution in [2.45, 2.75) is 0 Å². The number of carboxylic acids is 1. The zero-order valence-corrected chi connectivity index (χ0v) is 8.72. The van der Waals surface area contributed by atoms with E-state index in [4.69, 9.17) is 16.7 Å². The van der Waals surface area contributed by atoms with E-state index in [1.54, 1.807) is 12.1 Å². The molecule has 0 atom stereocenters. The van der Waals surface area contributed by atoms with Crippen LogP contribution in [0, 0.1) is 0 Å². The molecule has 6 heteroatoms. The van der Waals surface area contributed by atoms with Gasteiger partial charge in [0.05, 0.1) is 5.56 Å². The molecular weight excluding hydrogens is 230 g/mol. The lowest BCUT2D eigenvalue weighted by Crippen LogP contribution is -2.00. The van der Waals surface area contributed by atoms with Crippen LogP contribution in [0.25, 0.3) is 11.5 Å². The van der Waals surface area contributed by atoms with Gasteiger partial charge in [0.25, 0.3) is 0 Å². The Balaban J connectivity index is 2.38. The van der Waals surface area contributed by atoms with Crippen molar-refractivity contribution in [3.63, 3.8) is 0 Å². The third-order valence-corrected chi connectivity index (χ3v) is 2.08. The number of hydrogen-bond donors (Lipinski definition) is 1. The van der Waals surface area contributed by atoms with E-state index >= 15 is 0 Å². The summed E-state index contributed by atoms with van der Waals surface area (Å²) >= 11 is 5.79. The monoisotopic (exact) mass is 235 g/mol. The lowest BCUT2D eigenvalue weighted by molar-refractivity contribution is 0.0696. The standard InChI is InChI=1S/C10H6ClN3O2/c11-7-1-2-12-8(3-7)9-13-4-6(5-14-9)10(15)16/h1-5H,(H,15,16). The first-order valence-electron chi connectivity index (χ1n) is 4.34. The molecule has 2 aromatic heterocycles. The fourth-order valence-electron chi connectivity index (χ4n) is 1.10. The van der Waals surface area contributed by atoms with Gasteiger partial charge < -0.3 is 5.11 Å². The van der Waals surface area contributed by atoms with Gasteiger partial charge in [0.15, 0.2) is 5.82 Å². The van der Waals surface area contributed by atoms with Crippen LogP contribution in [-0.4, -0.2) is 26.0 Å². The van der Waals surface area contributed by atoms with E-state index in [-0.39, 0.29) is 5.56 Å². The number of rotatable bonds is 2. The van der Waals surface area contributed by atoms with Crippen LogP contribution in [0.5, 0.6) is 0 Å². The Bertz CT molecular complexity index is 528. The topological polar surface area (TPSA) is 76.0 Å². The van der Waals surface area contributed by atoms with Crippen molar-refractivity contribution in [1.29, 1.82) is 0 Å². The van der Waals surface area contributed by atoms with Gasteiger partial charge in [-0.15, -0.1) is 0 Å². The summed E-state index contributed by atoms with van der Waals surface area (Å²) in [6.45, 7) is 0. The van der Waals surface area contributed by atoms with E-state index in [2.05, 4.69) is 15.0 Å². The predicted octanol–water partition coefficient (Wildman–Crippen LogP) is 1.89. The van der Waals surface area contributed by atoms with E-state index in [1.807, 2.05) is 0 Å². The molecule has 0 aliphatic carbocycles. The van der Waals surface area contributed by atoms with Crippen molar-refractivity contribution in [2.75, 3.05) is 0 Å². The molecule has 0 saturated heterocycles. The largest absolute Gasteiger partial charge is 0.478 e. The molecule has 0 bridgehead atoms. The lowest BCUT2D eigenvalue weighted by atomic mass is 10.3. The maximum Gasteiger partial charge on any atom is 0.338 e. The molecule has 0 spiro atoms. The molecule has 0 aliphatic heterocycles. The highest BCUT2D eigenvalue weighted by atomic mass is 35.5. The molecule has 0 aliphatic rings. The average Bonchev–Trinajstić information content (AvgIpc) is 2.29. The highest BCUT2D eigenvalue weighted by Crippen LogP contribution is 2.15. The molecule has 0 saturated carbocycles. The van der Waals surface area contributed by atoms with E-state index in [0.29, 0.717) is 16.5 Å². The Hall–Kier alpha value is -2.01. The van der Waals surface area contributed by atoms with Gasteiger partial charge in [0, 0.05) is 23.6 Å². The van der Waals surface area contributed by atoms with Crippen LogP contribution in [0.15, 0.2) is 30.7 Å². The van der Waals surface area contributed by atoms with Gasteiger partial charge in [-0.05, 0) is 12.1 Å². The quantitative estimate of drug-likeness (QED) is 0.860. The van der Waals surface area contributed by atoms with Crippen LogP contribution in [-0.2, 0) is 0 Å². The average molecular weight is 236 g/mol. The second kappa shape index (κ2) is 4.24. The van der Waals surface area contributed by atoms with Gasteiger partial charge >= 0.3 is 5.97 Å².